The summed E-state index contributed by atoms with van der Waals surface area (Å²) in [5.41, 5.74) is 0.563. The van der Waals surface area contributed by atoms with Gasteiger partial charge in [0.1, 0.15) is 0 Å². The van der Waals surface area contributed by atoms with Crippen molar-refractivity contribution in [2.75, 3.05) is 6.61 Å². The summed E-state index contributed by atoms with van der Waals surface area (Å²) < 4.78 is 5.81. The molecule has 0 radical (unpaired) electrons. The van der Waals surface area contributed by atoms with E-state index < -0.39 is 5.60 Å². The van der Waals surface area contributed by atoms with Crippen LogP contribution in [-0.4, -0.2) is 12.9 Å². The zero-order valence-corrected chi connectivity index (χ0v) is 10.7. The molecule has 2 nitrogen and oxygen atoms in total. The van der Waals surface area contributed by atoms with E-state index in [2.05, 4.69) is 6.58 Å². The largest absolute Gasteiger partial charge is 0.354 e. The Morgan fingerprint density at radius 2 is 1.42 bits per heavy atom. The summed E-state index contributed by atoms with van der Waals surface area (Å²) in [6, 6.07) is 19.0. The summed E-state index contributed by atoms with van der Waals surface area (Å²) >= 11 is 0. The monoisotopic (exact) mass is 252 g/mol. The van der Waals surface area contributed by atoms with Crippen LogP contribution in [0.5, 0.6) is 0 Å². The minimum absolute atomic E-state index is 0.308. The van der Waals surface area contributed by atoms with Crippen LogP contribution >= 0.6 is 0 Å². The highest BCUT2D eigenvalue weighted by Gasteiger charge is 2.34. The van der Waals surface area contributed by atoms with Crippen molar-refractivity contribution in [3.8, 4) is 0 Å². The Balaban J connectivity index is 2.54. The first-order valence-electron chi connectivity index (χ1n) is 6.16. The highest BCUT2D eigenvalue weighted by Crippen LogP contribution is 2.31. The van der Waals surface area contributed by atoms with Crippen LogP contribution < -0.4 is 0 Å². The molecule has 0 unspecified atom stereocenters. The SMILES string of the molecule is C=CCOC(C=O)(c1ccccc1)c1ccccc1. The molecule has 0 heterocycles. The number of ether oxygens (including phenoxy) is 1. The Labute approximate surface area is 113 Å². The van der Waals surface area contributed by atoms with Crippen molar-refractivity contribution in [3.05, 3.63) is 84.4 Å². The van der Waals surface area contributed by atoms with Crippen LogP contribution in [0.1, 0.15) is 11.1 Å². The molecule has 19 heavy (non-hydrogen) atoms. The number of benzene rings is 2. The Morgan fingerprint density at radius 1 is 0.947 bits per heavy atom. The Hall–Kier alpha value is -2.19. The van der Waals surface area contributed by atoms with E-state index in [1.54, 1.807) is 6.08 Å². The Morgan fingerprint density at radius 3 is 1.79 bits per heavy atom. The first-order chi connectivity index (χ1) is 9.33. The highest BCUT2D eigenvalue weighted by molar-refractivity contribution is 5.72. The molecule has 0 aliphatic carbocycles. The molecule has 2 aromatic carbocycles. The standard InChI is InChI=1S/C17H16O2/c1-2-13-19-17(14-18,15-9-5-3-6-10-15)16-11-7-4-8-12-16/h2-12,14H,1,13H2. The fraction of sp³-hybridized carbons (Fsp3) is 0.118. The van der Waals surface area contributed by atoms with Gasteiger partial charge in [-0.2, -0.15) is 0 Å². The van der Waals surface area contributed by atoms with Crippen LogP contribution in [0, 0.1) is 0 Å². The summed E-state index contributed by atoms with van der Waals surface area (Å²) in [6.07, 6.45) is 2.49. The average Bonchev–Trinajstić information content (AvgIpc) is 2.51. The maximum Gasteiger partial charge on any atom is 0.173 e. The number of carbonyl (C=O) groups is 1. The molecule has 0 atom stereocenters. The summed E-state index contributed by atoms with van der Waals surface area (Å²) in [4.78, 5) is 11.8. The molecule has 0 amide bonds. The van der Waals surface area contributed by atoms with Gasteiger partial charge in [0, 0.05) is 0 Å². The van der Waals surface area contributed by atoms with Crippen LogP contribution in [0.3, 0.4) is 0 Å². The molecule has 0 spiro atoms. The van der Waals surface area contributed by atoms with Crippen molar-refractivity contribution in [2.24, 2.45) is 0 Å². The normalized spacial score (nSPS) is 10.9. The molecular formula is C17H16O2. The Bertz CT molecular complexity index is 492. The molecule has 96 valence electrons. The second-order valence-corrected chi connectivity index (χ2v) is 4.19. The van der Waals surface area contributed by atoms with E-state index >= 15 is 0 Å². The van der Waals surface area contributed by atoms with Gasteiger partial charge in [0.25, 0.3) is 0 Å². The van der Waals surface area contributed by atoms with Gasteiger partial charge in [-0.15, -0.1) is 6.58 Å². The highest BCUT2D eigenvalue weighted by atomic mass is 16.5. The second-order valence-electron chi connectivity index (χ2n) is 4.19. The molecule has 0 saturated heterocycles. The Kier molecular flexibility index (Phi) is 4.26. The lowest BCUT2D eigenvalue weighted by Gasteiger charge is -2.29. The smallest absolute Gasteiger partial charge is 0.173 e. The third-order valence-corrected chi connectivity index (χ3v) is 3.00. The molecule has 0 N–H and O–H groups in total. The maximum absolute atomic E-state index is 11.8. The summed E-state index contributed by atoms with van der Waals surface area (Å²) in [5.74, 6) is 0. The average molecular weight is 252 g/mol. The van der Waals surface area contributed by atoms with Crippen molar-refractivity contribution < 1.29 is 9.53 Å². The van der Waals surface area contributed by atoms with E-state index in [1.165, 1.54) is 0 Å². The van der Waals surface area contributed by atoms with E-state index in [-0.39, 0.29) is 0 Å². The van der Waals surface area contributed by atoms with E-state index in [0.29, 0.717) is 6.61 Å². The maximum atomic E-state index is 11.8. The van der Waals surface area contributed by atoms with Gasteiger partial charge in [0.2, 0.25) is 0 Å². The summed E-state index contributed by atoms with van der Waals surface area (Å²) in [6.45, 7) is 3.95. The van der Waals surface area contributed by atoms with Crippen molar-refractivity contribution in [3.63, 3.8) is 0 Å². The van der Waals surface area contributed by atoms with Crippen molar-refractivity contribution >= 4 is 6.29 Å². The van der Waals surface area contributed by atoms with Gasteiger partial charge in [-0.1, -0.05) is 66.7 Å². The van der Waals surface area contributed by atoms with Crippen LogP contribution in [0.2, 0.25) is 0 Å². The molecule has 2 aromatic rings. The topological polar surface area (TPSA) is 26.3 Å². The summed E-state index contributed by atoms with van der Waals surface area (Å²) in [5, 5.41) is 0. The van der Waals surface area contributed by atoms with E-state index in [9.17, 15) is 4.79 Å². The van der Waals surface area contributed by atoms with Gasteiger partial charge in [-0.05, 0) is 11.1 Å². The number of hydrogen-bond acceptors (Lipinski definition) is 2. The molecule has 0 aliphatic heterocycles. The van der Waals surface area contributed by atoms with Gasteiger partial charge < -0.3 is 4.74 Å². The zero-order chi connectivity index (χ0) is 13.6. The van der Waals surface area contributed by atoms with Crippen LogP contribution in [0.4, 0.5) is 0 Å². The predicted octanol–water partition coefficient (Wildman–Crippen LogP) is 3.33. The first-order valence-corrected chi connectivity index (χ1v) is 6.16. The third-order valence-electron chi connectivity index (χ3n) is 3.00. The number of rotatable bonds is 6. The molecule has 2 heteroatoms. The molecule has 0 fully saturated rings. The van der Waals surface area contributed by atoms with Gasteiger partial charge in [-0.3, -0.25) is 4.79 Å². The minimum Gasteiger partial charge on any atom is -0.354 e. The molecular weight excluding hydrogens is 236 g/mol. The zero-order valence-electron chi connectivity index (χ0n) is 10.7. The molecule has 0 aliphatic rings. The van der Waals surface area contributed by atoms with Gasteiger partial charge in [0.15, 0.2) is 11.9 Å². The molecule has 2 rings (SSSR count). The van der Waals surface area contributed by atoms with Gasteiger partial charge in [-0.25, -0.2) is 0 Å². The van der Waals surface area contributed by atoms with Crippen LogP contribution in [-0.2, 0) is 15.1 Å². The third kappa shape index (κ3) is 2.64. The minimum atomic E-state index is -1.07. The molecule has 0 aromatic heterocycles. The van der Waals surface area contributed by atoms with E-state index in [4.69, 9.17) is 4.74 Å². The first kappa shape index (κ1) is 13.2. The number of hydrogen-bond donors (Lipinski definition) is 0. The molecule has 0 saturated carbocycles. The van der Waals surface area contributed by atoms with Gasteiger partial charge >= 0.3 is 0 Å². The van der Waals surface area contributed by atoms with Crippen molar-refractivity contribution in [2.45, 2.75) is 5.60 Å². The lowest BCUT2D eigenvalue weighted by molar-refractivity contribution is -0.125. The number of aldehydes is 1. The number of carbonyl (C=O) groups excluding carboxylic acids is 1. The van der Waals surface area contributed by atoms with Crippen LogP contribution in [0.15, 0.2) is 73.3 Å². The van der Waals surface area contributed by atoms with E-state index in [1.807, 2.05) is 60.7 Å². The fourth-order valence-electron chi connectivity index (χ4n) is 2.07. The summed E-state index contributed by atoms with van der Waals surface area (Å²) in [7, 11) is 0. The predicted molar refractivity (Wildman–Crippen MR) is 75.9 cm³/mol. The van der Waals surface area contributed by atoms with Gasteiger partial charge in [0.05, 0.1) is 6.61 Å². The molecule has 0 bridgehead atoms. The van der Waals surface area contributed by atoms with E-state index in [0.717, 1.165) is 17.4 Å². The van der Waals surface area contributed by atoms with Crippen molar-refractivity contribution in [1.82, 2.24) is 0 Å². The lowest BCUT2D eigenvalue weighted by atomic mass is 9.87. The second kappa shape index (κ2) is 6.12. The lowest BCUT2D eigenvalue weighted by Crippen LogP contribution is -2.33. The van der Waals surface area contributed by atoms with Crippen molar-refractivity contribution in [1.29, 1.82) is 0 Å². The fourth-order valence-corrected chi connectivity index (χ4v) is 2.07. The quantitative estimate of drug-likeness (QED) is 0.582. The van der Waals surface area contributed by atoms with Crippen LogP contribution in [0.25, 0.3) is 0 Å².